The van der Waals surface area contributed by atoms with E-state index in [4.69, 9.17) is 5.73 Å². The predicted octanol–water partition coefficient (Wildman–Crippen LogP) is 3.31. The van der Waals surface area contributed by atoms with Gasteiger partial charge in [-0.3, -0.25) is 0 Å². The van der Waals surface area contributed by atoms with Gasteiger partial charge in [-0.2, -0.15) is 0 Å². The van der Waals surface area contributed by atoms with Crippen molar-refractivity contribution in [2.45, 2.75) is 58.3 Å². The highest BCUT2D eigenvalue weighted by molar-refractivity contribution is 5.40. The van der Waals surface area contributed by atoms with Crippen molar-refractivity contribution in [1.29, 1.82) is 0 Å². The molecular formula is C14H23N3. The van der Waals surface area contributed by atoms with Crippen LogP contribution in [0.3, 0.4) is 0 Å². The van der Waals surface area contributed by atoms with E-state index in [1.807, 2.05) is 0 Å². The average Bonchev–Trinajstić information content (AvgIpc) is 2.33. The van der Waals surface area contributed by atoms with Crippen LogP contribution in [0, 0.1) is 5.92 Å². The van der Waals surface area contributed by atoms with Crippen LogP contribution in [0.15, 0.2) is 6.20 Å². The van der Waals surface area contributed by atoms with Gasteiger partial charge < -0.3 is 5.73 Å². The Bertz CT molecular complexity index is 368. The van der Waals surface area contributed by atoms with Gasteiger partial charge in [-0.15, -0.1) is 0 Å². The van der Waals surface area contributed by atoms with E-state index >= 15 is 0 Å². The average molecular weight is 233 g/mol. The van der Waals surface area contributed by atoms with Crippen LogP contribution in [0.25, 0.3) is 0 Å². The van der Waals surface area contributed by atoms with Crippen molar-refractivity contribution in [2.24, 2.45) is 5.92 Å². The molecule has 0 saturated heterocycles. The van der Waals surface area contributed by atoms with Gasteiger partial charge in [0.1, 0.15) is 5.82 Å². The zero-order chi connectivity index (χ0) is 12.3. The molecule has 94 valence electrons. The topological polar surface area (TPSA) is 51.8 Å². The van der Waals surface area contributed by atoms with Gasteiger partial charge in [-0.25, -0.2) is 9.97 Å². The van der Waals surface area contributed by atoms with Crippen molar-refractivity contribution in [3.8, 4) is 0 Å². The van der Waals surface area contributed by atoms with E-state index in [1.54, 1.807) is 6.20 Å². The molecule has 17 heavy (non-hydrogen) atoms. The van der Waals surface area contributed by atoms with Crippen LogP contribution in [0.5, 0.6) is 0 Å². The molecule has 0 radical (unpaired) electrons. The van der Waals surface area contributed by atoms with Gasteiger partial charge >= 0.3 is 0 Å². The molecule has 0 aliphatic heterocycles. The molecule has 1 aromatic heterocycles. The second kappa shape index (κ2) is 5.48. The van der Waals surface area contributed by atoms with E-state index in [9.17, 15) is 0 Å². The number of aromatic nitrogens is 2. The molecule has 0 unspecified atom stereocenters. The summed E-state index contributed by atoms with van der Waals surface area (Å²) in [5, 5.41) is 0. The summed E-state index contributed by atoms with van der Waals surface area (Å²) >= 11 is 0. The standard InChI is InChI=1S/C14H23N3/c1-3-4-13-12(15)9-16-14(17-13)11-7-5-10(2)6-8-11/h9-11H,3-8,15H2,1-2H3. The quantitative estimate of drug-likeness (QED) is 0.871. The second-order valence-corrected chi connectivity index (χ2v) is 5.34. The van der Waals surface area contributed by atoms with Crippen molar-refractivity contribution in [3.05, 3.63) is 17.7 Å². The first-order chi connectivity index (χ1) is 8.20. The molecule has 1 fully saturated rings. The summed E-state index contributed by atoms with van der Waals surface area (Å²) in [5.41, 5.74) is 7.69. The maximum atomic E-state index is 5.90. The molecule has 0 atom stereocenters. The fraction of sp³-hybridized carbons (Fsp3) is 0.714. The molecule has 1 heterocycles. The third kappa shape index (κ3) is 2.96. The van der Waals surface area contributed by atoms with Crippen LogP contribution in [-0.2, 0) is 6.42 Å². The second-order valence-electron chi connectivity index (χ2n) is 5.34. The minimum atomic E-state index is 0.558. The van der Waals surface area contributed by atoms with E-state index < -0.39 is 0 Å². The first-order valence-corrected chi connectivity index (χ1v) is 6.82. The molecular weight excluding hydrogens is 210 g/mol. The summed E-state index contributed by atoms with van der Waals surface area (Å²) in [5.74, 6) is 2.45. The van der Waals surface area contributed by atoms with Crippen LogP contribution in [0.4, 0.5) is 5.69 Å². The molecule has 2 N–H and O–H groups in total. The van der Waals surface area contributed by atoms with E-state index in [0.29, 0.717) is 5.92 Å². The number of nitrogen functional groups attached to an aromatic ring is 1. The summed E-state index contributed by atoms with van der Waals surface area (Å²) < 4.78 is 0. The number of aryl methyl sites for hydroxylation is 1. The van der Waals surface area contributed by atoms with Gasteiger partial charge in [-0.05, 0) is 25.2 Å². The molecule has 0 spiro atoms. The highest BCUT2D eigenvalue weighted by Gasteiger charge is 2.22. The lowest BCUT2D eigenvalue weighted by molar-refractivity contribution is 0.339. The summed E-state index contributed by atoms with van der Waals surface area (Å²) in [6.07, 6.45) is 8.93. The first kappa shape index (κ1) is 12.3. The number of anilines is 1. The van der Waals surface area contributed by atoms with Gasteiger partial charge in [0.15, 0.2) is 0 Å². The molecule has 0 amide bonds. The highest BCUT2D eigenvalue weighted by atomic mass is 14.9. The molecule has 0 aromatic carbocycles. The van der Waals surface area contributed by atoms with Gasteiger partial charge in [0, 0.05) is 5.92 Å². The van der Waals surface area contributed by atoms with Crippen LogP contribution in [0.2, 0.25) is 0 Å². The summed E-state index contributed by atoms with van der Waals surface area (Å²) in [7, 11) is 0. The Labute approximate surface area is 104 Å². The molecule has 0 bridgehead atoms. The SMILES string of the molecule is CCCc1nc(C2CCC(C)CC2)ncc1N. The van der Waals surface area contributed by atoms with Crippen LogP contribution in [-0.4, -0.2) is 9.97 Å². The van der Waals surface area contributed by atoms with Crippen LogP contribution >= 0.6 is 0 Å². The number of hydrogen-bond acceptors (Lipinski definition) is 3. The fourth-order valence-corrected chi connectivity index (χ4v) is 2.59. The number of nitrogens with two attached hydrogens (primary N) is 1. The molecule has 3 heteroatoms. The lowest BCUT2D eigenvalue weighted by Crippen LogP contribution is -2.14. The van der Waals surface area contributed by atoms with Crippen molar-refractivity contribution in [3.63, 3.8) is 0 Å². The lowest BCUT2D eigenvalue weighted by Gasteiger charge is -2.25. The third-order valence-electron chi connectivity index (χ3n) is 3.79. The van der Waals surface area contributed by atoms with Gasteiger partial charge in [0.05, 0.1) is 17.6 Å². The monoisotopic (exact) mass is 233 g/mol. The van der Waals surface area contributed by atoms with Crippen molar-refractivity contribution in [1.82, 2.24) is 9.97 Å². The smallest absolute Gasteiger partial charge is 0.131 e. The zero-order valence-corrected chi connectivity index (χ0v) is 10.9. The van der Waals surface area contributed by atoms with Crippen molar-refractivity contribution in [2.75, 3.05) is 5.73 Å². The predicted molar refractivity (Wildman–Crippen MR) is 70.8 cm³/mol. The van der Waals surface area contributed by atoms with Crippen molar-refractivity contribution < 1.29 is 0 Å². The third-order valence-corrected chi connectivity index (χ3v) is 3.79. The van der Waals surface area contributed by atoms with E-state index in [-0.39, 0.29) is 0 Å². The van der Waals surface area contributed by atoms with E-state index in [1.165, 1.54) is 25.7 Å². The van der Waals surface area contributed by atoms with Crippen LogP contribution < -0.4 is 5.73 Å². The molecule has 1 aliphatic carbocycles. The lowest BCUT2D eigenvalue weighted by atomic mass is 9.82. The molecule has 3 nitrogen and oxygen atoms in total. The Morgan fingerprint density at radius 2 is 2.00 bits per heavy atom. The fourth-order valence-electron chi connectivity index (χ4n) is 2.59. The maximum absolute atomic E-state index is 5.90. The molecule has 2 rings (SSSR count). The molecule has 1 aromatic rings. The largest absolute Gasteiger partial charge is 0.396 e. The summed E-state index contributed by atoms with van der Waals surface area (Å²) in [6, 6.07) is 0. The number of nitrogens with zero attached hydrogens (tertiary/aromatic N) is 2. The zero-order valence-electron chi connectivity index (χ0n) is 10.9. The minimum absolute atomic E-state index is 0.558. The highest BCUT2D eigenvalue weighted by Crippen LogP contribution is 2.34. The Kier molecular flexibility index (Phi) is 3.97. The summed E-state index contributed by atoms with van der Waals surface area (Å²) in [6.45, 7) is 4.49. The normalized spacial score (nSPS) is 24.8. The maximum Gasteiger partial charge on any atom is 0.131 e. The molecule has 1 saturated carbocycles. The van der Waals surface area contributed by atoms with Gasteiger partial charge in [0.25, 0.3) is 0 Å². The summed E-state index contributed by atoms with van der Waals surface area (Å²) in [4.78, 5) is 9.11. The van der Waals surface area contributed by atoms with Crippen LogP contribution in [0.1, 0.15) is 63.4 Å². The number of hydrogen-bond donors (Lipinski definition) is 1. The van der Waals surface area contributed by atoms with Crippen molar-refractivity contribution >= 4 is 5.69 Å². The first-order valence-electron chi connectivity index (χ1n) is 6.82. The van der Waals surface area contributed by atoms with E-state index in [2.05, 4.69) is 23.8 Å². The Morgan fingerprint density at radius 3 is 2.65 bits per heavy atom. The Hall–Kier alpha value is -1.12. The van der Waals surface area contributed by atoms with E-state index in [0.717, 1.165) is 36.0 Å². The molecule has 1 aliphatic rings. The number of rotatable bonds is 3. The van der Waals surface area contributed by atoms with Gasteiger partial charge in [0.2, 0.25) is 0 Å². The Balaban J connectivity index is 2.12. The Morgan fingerprint density at radius 1 is 1.29 bits per heavy atom. The minimum Gasteiger partial charge on any atom is -0.396 e. The van der Waals surface area contributed by atoms with Gasteiger partial charge in [-0.1, -0.05) is 33.1 Å².